The topological polar surface area (TPSA) is 71.4 Å². The Morgan fingerprint density at radius 3 is 2.33 bits per heavy atom. The van der Waals surface area contributed by atoms with Crippen molar-refractivity contribution < 1.29 is 17.2 Å². The molecule has 0 aliphatic carbocycles. The van der Waals surface area contributed by atoms with Gasteiger partial charge in [0.2, 0.25) is 5.95 Å². The van der Waals surface area contributed by atoms with Crippen LogP contribution in [0.25, 0.3) is 0 Å². The Bertz CT molecular complexity index is 1180. The molecule has 5 nitrogen and oxygen atoms in total. The summed E-state index contributed by atoms with van der Waals surface area (Å²) in [7, 11) is -3.39. The molecule has 0 saturated heterocycles. The molecule has 0 amide bonds. The molecule has 2 aromatic carbocycles. The quantitative estimate of drug-likeness (QED) is 0.648. The highest BCUT2D eigenvalue weighted by atomic mass is 32.2. The normalized spacial score (nSPS) is 21.2. The lowest BCUT2D eigenvalue weighted by Crippen LogP contribution is -2.48. The van der Waals surface area contributed by atoms with Crippen molar-refractivity contribution >= 4 is 15.7 Å². The molecule has 0 bridgehead atoms. The number of halogens is 2. The molecule has 154 valence electrons. The Balaban J connectivity index is 1.84. The summed E-state index contributed by atoms with van der Waals surface area (Å²) < 4.78 is 51.0. The molecule has 4 rings (SSSR count). The van der Waals surface area contributed by atoms with Crippen molar-refractivity contribution in [3.8, 4) is 0 Å². The number of pyridine rings is 1. The first-order valence-electron chi connectivity index (χ1n) is 9.25. The lowest BCUT2D eigenvalue weighted by Gasteiger charge is -2.34. The minimum absolute atomic E-state index is 0.180. The molecule has 8 heteroatoms. The van der Waals surface area contributed by atoms with Gasteiger partial charge in [-0.3, -0.25) is 4.99 Å². The van der Waals surface area contributed by atoms with E-state index in [2.05, 4.69) is 10.3 Å². The second-order valence-electron chi connectivity index (χ2n) is 7.26. The fourth-order valence-electron chi connectivity index (χ4n) is 3.75. The zero-order valence-electron chi connectivity index (χ0n) is 16.3. The predicted molar refractivity (Wildman–Crippen MR) is 110 cm³/mol. The van der Waals surface area contributed by atoms with Gasteiger partial charge in [0.15, 0.2) is 9.84 Å². The minimum Gasteiger partial charge on any atom is -0.354 e. The second-order valence-corrected chi connectivity index (χ2v) is 9.28. The summed E-state index contributed by atoms with van der Waals surface area (Å²) in [5.41, 5.74) is 1.05. The molecule has 0 fully saturated rings. The summed E-state index contributed by atoms with van der Waals surface area (Å²) in [6.45, 7) is 1.88. The molecular weight excluding hydrogens is 408 g/mol. The number of nitrogens with one attached hydrogen (secondary N) is 1. The lowest BCUT2D eigenvalue weighted by atomic mass is 9.79. The van der Waals surface area contributed by atoms with E-state index >= 15 is 0 Å². The van der Waals surface area contributed by atoms with Crippen LogP contribution in [0.4, 0.5) is 8.78 Å². The van der Waals surface area contributed by atoms with Crippen LogP contribution in [-0.2, 0) is 15.4 Å². The van der Waals surface area contributed by atoms with E-state index in [0.29, 0.717) is 17.0 Å². The van der Waals surface area contributed by atoms with Crippen molar-refractivity contribution in [2.75, 3.05) is 6.26 Å². The number of aliphatic imine (C=N–C) groups is 1. The van der Waals surface area contributed by atoms with Crippen LogP contribution < -0.4 is 5.32 Å². The Morgan fingerprint density at radius 2 is 1.70 bits per heavy atom. The van der Waals surface area contributed by atoms with Crippen molar-refractivity contribution in [2.24, 2.45) is 4.99 Å². The summed E-state index contributed by atoms with van der Waals surface area (Å²) in [5.74, 6) is -0.499. The summed E-state index contributed by atoms with van der Waals surface area (Å²) in [4.78, 5) is 8.69. The molecule has 0 radical (unpaired) electrons. The van der Waals surface area contributed by atoms with Gasteiger partial charge in [0, 0.05) is 23.6 Å². The monoisotopic (exact) mass is 427 g/mol. The summed E-state index contributed by atoms with van der Waals surface area (Å²) in [5, 5.41) is 3.39. The molecule has 0 spiro atoms. The van der Waals surface area contributed by atoms with Gasteiger partial charge in [-0.2, -0.15) is 4.39 Å². The number of amidine groups is 1. The molecule has 3 aromatic rings. The third kappa shape index (κ3) is 3.47. The van der Waals surface area contributed by atoms with Crippen LogP contribution in [0, 0.1) is 11.8 Å². The van der Waals surface area contributed by atoms with Crippen LogP contribution in [0.5, 0.6) is 0 Å². The first kappa shape index (κ1) is 20.2. The molecular formula is C22H19F2N3O2S. The zero-order chi connectivity index (χ0) is 21.5. The molecule has 0 saturated carbocycles. The highest BCUT2D eigenvalue weighted by Gasteiger charge is 2.45. The molecule has 1 aliphatic heterocycles. The maximum atomic E-state index is 13.6. The minimum atomic E-state index is -3.39. The smallest absolute Gasteiger partial charge is 0.212 e. The molecule has 1 N–H and O–H groups in total. The Kier molecular flexibility index (Phi) is 4.89. The number of nitrogens with zero attached hydrogens (tertiary/aromatic N) is 2. The van der Waals surface area contributed by atoms with Gasteiger partial charge in [-0.1, -0.05) is 30.3 Å². The Morgan fingerprint density at radius 1 is 1.00 bits per heavy atom. The van der Waals surface area contributed by atoms with E-state index in [1.165, 1.54) is 30.5 Å². The maximum Gasteiger partial charge on any atom is 0.212 e. The summed E-state index contributed by atoms with van der Waals surface area (Å²) >= 11 is 0. The molecule has 1 aromatic heterocycles. The number of sulfone groups is 1. The fourth-order valence-corrected chi connectivity index (χ4v) is 4.42. The molecule has 2 unspecified atom stereocenters. The second kappa shape index (κ2) is 7.28. The number of rotatable bonds is 4. The van der Waals surface area contributed by atoms with E-state index in [1.807, 2.05) is 6.92 Å². The van der Waals surface area contributed by atoms with E-state index in [-0.39, 0.29) is 16.8 Å². The maximum absolute atomic E-state index is 13.6. The van der Waals surface area contributed by atoms with Crippen molar-refractivity contribution in [1.29, 1.82) is 0 Å². The Labute approximate surface area is 173 Å². The third-order valence-corrected chi connectivity index (χ3v) is 6.39. The number of benzene rings is 2. The fraction of sp³-hybridized carbons (Fsp3) is 0.182. The van der Waals surface area contributed by atoms with Crippen LogP contribution in [0.3, 0.4) is 0 Å². The number of hydrogen-bond donors (Lipinski definition) is 1. The molecule has 1 aliphatic rings. The van der Waals surface area contributed by atoms with E-state index in [1.54, 1.807) is 36.4 Å². The van der Waals surface area contributed by atoms with Crippen molar-refractivity contribution in [1.82, 2.24) is 10.3 Å². The van der Waals surface area contributed by atoms with Gasteiger partial charge in [-0.15, -0.1) is 0 Å². The van der Waals surface area contributed by atoms with E-state index < -0.39 is 21.3 Å². The Hall–Kier alpha value is -3.13. The van der Waals surface area contributed by atoms with Crippen LogP contribution >= 0.6 is 0 Å². The van der Waals surface area contributed by atoms with Gasteiger partial charge < -0.3 is 5.32 Å². The van der Waals surface area contributed by atoms with Crippen LogP contribution in [-0.4, -0.2) is 31.5 Å². The predicted octanol–water partition coefficient (Wildman–Crippen LogP) is 3.45. The van der Waals surface area contributed by atoms with Crippen molar-refractivity contribution in [3.63, 3.8) is 0 Å². The highest BCUT2D eigenvalue weighted by molar-refractivity contribution is 7.90. The van der Waals surface area contributed by atoms with E-state index in [4.69, 9.17) is 4.99 Å². The van der Waals surface area contributed by atoms with Crippen molar-refractivity contribution in [3.05, 3.63) is 95.3 Å². The first-order chi connectivity index (χ1) is 14.2. The average molecular weight is 427 g/mol. The van der Waals surface area contributed by atoms with Gasteiger partial charge in [-0.05, 0) is 42.8 Å². The van der Waals surface area contributed by atoms with E-state index in [0.717, 1.165) is 11.8 Å². The standard InChI is InChI=1S/C22H19F2N3O2S/c1-14-22(16-6-9-18(23)10-7-16,17-8-11-20(24)25-13-17)27-21(26-14)15-4-3-5-19(12-15)30(2,28)29/h3-14H,1-2H3,(H,26,27). The number of aromatic nitrogens is 1. The highest BCUT2D eigenvalue weighted by Crippen LogP contribution is 2.38. The van der Waals surface area contributed by atoms with Crippen LogP contribution in [0.1, 0.15) is 23.6 Å². The molecule has 2 atom stereocenters. The van der Waals surface area contributed by atoms with Gasteiger partial charge in [0.05, 0.1) is 10.9 Å². The summed E-state index contributed by atoms with van der Waals surface area (Å²) in [6, 6.07) is 15.0. The van der Waals surface area contributed by atoms with E-state index in [9.17, 15) is 17.2 Å². The van der Waals surface area contributed by atoms with Gasteiger partial charge in [-0.25, -0.2) is 17.8 Å². The van der Waals surface area contributed by atoms with Gasteiger partial charge in [0.1, 0.15) is 17.2 Å². The largest absolute Gasteiger partial charge is 0.354 e. The molecule has 2 heterocycles. The lowest BCUT2D eigenvalue weighted by molar-refractivity contribution is 0.430. The average Bonchev–Trinajstić information content (AvgIpc) is 3.07. The SMILES string of the molecule is CC1N=C(c2cccc(S(C)(=O)=O)c2)NC1(c1ccc(F)cc1)c1ccc(F)nc1. The first-order valence-corrected chi connectivity index (χ1v) is 11.1. The summed E-state index contributed by atoms with van der Waals surface area (Å²) in [6.07, 6.45) is 2.57. The number of hydrogen-bond acceptors (Lipinski definition) is 5. The zero-order valence-corrected chi connectivity index (χ0v) is 17.1. The van der Waals surface area contributed by atoms with Gasteiger partial charge in [0.25, 0.3) is 0 Å². The van der Waals surface area contributed by atoms with Crippen molar-refractivity contribution in [2.45, 2.75) is 23.4 Å². The molecule has 30 heavy (non-hydrogen) atoms. The third-order valence-electron chi connectivity index (χ3n) is 5.28. The van der Waals surface area contributed by atoms with Gasteiger partial charge >= 0.3 is 0 Å². The van der Waals surface area contributed by atoms with Crippen LogP contribution in [0.2, 0.25) is 0 Å². The van der Waals surface area contributed by atoms with Crippen LogP contribution in [0.15, 0.2) is 76.7 Å².